The van der Waals surface area contributed by atoms with Crippen molar-refractivity contribution in [3.8, 4) is 34.3 Å². The van der Waals surface area contributed by atoms with Gasteiger partial charge in [0.15, 0.2) is 16.9 Å². The van der Waals surface area contributed by atoms with Crippen molar-refractivity contribution in [2.45, 2.75) is 6.92 Å². The molecule has 3 aromatic rings. The first kappa shape index (κ1) is 21.0. The van der Waals surface area contributed by atoms with E-state index in [-0.39, 0.29) is 16.6 Å². The molecule has 1 heterocycles. The summed E-state index contributed by atoms with van der Waals surface area (Å²) >= 11 is 0. The van der Waals surface area contributed by atoms with E-state index in [0.29, 0.717) is 40.7 Å². The molecule has 0 N–H and O–H groups in total. The summed E-state index contributed by atoms with van der Waals surface area (Å²) in [6.07, 6.45) is -0.448. The molecule has 0 spiro atoms. The van der Waals surface area contributed by atoms with Crippen LogP contribution in [0.1, 0.15) is 6.92 Å². The predicted molar refractivity (Wildman–Crippen MR) is 112 cm³/mol. The normalized spacial score (nSPS) is 10.6. The molecule has 0 saturated carbocycles. The fourth-order valence-corrected chi connectivity index (χ4v) is 2.92. The maximum Gasteiger partial charge on any atom is 0.414 e. The number of methoxy groups -OCH3 is 3. The quantitative estimate of drug-likeness (QED) is 0.605. The van der Waals surface area contributed by atoms with E-state index in [4.69, 9.17) is 23.4 Å². The van der Waals surface area contributed by atoms with Crippen LogP contribution in [-0.4, -0.2) is 45.9 Å². The summed E-state index contributed by atoms with van der Waals surface area (Å²) in [4.78, 5) is 26.2. The van der Waals surface area contributed by atoms with Gasteiger partial charge < -0.3 is 28.3 Å². The van der Waals surface area contributed by atoms with Gasteiger partial charge >= 0.3 is 6.09 Å². The lowest BCUT2D eigenvalue weighted by Gasteiger charge is -2.15. The number of rotatable bonds is 6. The van der Waals surface area contributed by atoms with Crippen molar-refractivity contribution in [1.82, 2.24) is 4.90 Å². The van der Waals surface area contributed by atoms with Crippen LogP contribution in [0.15, 0.2) is 45.6 Å². The van der Waals surface area contributed by atoms with Crippen LogP contribution in [0.4, 0.5) is 4.79 Å². The van der Waals surface area contributed by atoms with Crippen LogP contribution in [0, 0.1) is 0 Å². The van der Waals surface area contributed by atoms with Gasteiger partial charge in [-0.2, -0.15) is 0 Å². The second-order valence-electron chi connectivity index (χ2n) is 6.40. The Morgan fingerprint density at radius 3 is 2.23 bits per heavy atom. The number of nitrogens with zero attached hydrogens (tertiary/aromatic N) is 1. The van der Waals surface area contributed by atoms with E-state index < -0.39 is 6.09 Å². The van der Waals surface area contributed by atoms with Gasteiger partial charge in [0.05, 0.1) is 21.3 Å². The molecule has 1 amide bonds. The third kappa shape index (κ3) is 3.89. The summed E-state index contributed by atoms with van der Waals surface area (Å²) in [7, 11) is 6.05. The zero-order valence-corrected chi connectivity index (χ0v) is 17.5. The van der Waals surface area contributed by atoms with Crippen LogP contribution in [0.2, 0.25) is 0 Å². The van der Waals surface area contributed by atoms with Gasteiger partial charge in [0.1, 0.15) is 22.5 Å². The average Bonchev–Trinajstić information content (AvgIpc) is 2.77. The minimum Gasteiger partial charge on any atom is -0.493 e. The van der Waals surface area contributed by atoms with Crippen molar-refractivity contribution in [2.24, 2.45) is 0 Å². The third-order valence-electron chi connectivity index (χ3n) is 4.65. The van der Waals surface area contributed by atoms with E-state index in [0.717, 1.165) is 0 Å². The third-order valence-corrected chi connectivity index (χ3v) is 4.65. The molecular formula is C22H23NO7. The van der Waals surface area contributed by atoms with Gasteiger partial charge in [0.25, 0.3) is 0 Å². The average molecular weight is 413 g/mol. The lowest BCUT2D eigenvalue weighted by molar-refractivity contribution is 0.165. The number of fused-ring (bicyclic) bond motifs is 1. The molecule has 8 heteroatoms. The minimum absolute atomic E-state index is 0.245. The molecular weight excluding hydrogens is 390 g/mol. The van der Waals surface area contributed by atoms with Crippen LogP contribution in [0.5, 0.6) is 23.0 Å². The lowest BCUT2D eigenvalue weighted by Crippen LogP contribution is -2.29. The van der Waals surface area contributed by atoms with Crippen molar-refractivity contribution in [3.63, 3.8) is 0 Å². The molecule has 3 rings (SSSR count). The summed E-state index contributed by atoms with van der Waals surface area (Å²) in [6, 6.07) is 9.64. The van der Waals surface area contributed by atoms with Gasteiger partial charge in [-0.25, -0.2) is 4.79 Å². The molecule has 2 aromatic carbocycles. The van der Waals surface area contributed by atoms with Crippen molar-refractivity contribution >= 4 is 17.1 Å². The standard InChI is InChI=1S/C22H23NO7/c1-6-23(2)22(25)29-14-9-7-13(8-10-14)16-11-15(24)19-17(30-16)12-18(26-3)20(27-4)21(19)28-5/h7-12H,6H2,1-5H3. The van der Waals surface area contributed by atoms with Crippen molar-refractivity contribution < 1.29 is 28.2 Å². The summed E-state index contributed by atoms with van der Waals surface area (Å²) in [5.74, 6) is 1.68. The Morgan fingerprint density at radius 1 is 1.00 bits per heavy atom. The van der Waals surface area contributed by atoms with E-state index in [1.54, 1.807) is 37.4 Å². The highest BCUT2D eigenvalue weighted by Gasteiger charge is 2.20. The Labute approximate surface area is 173 Å². The van der Waals surface area contributed by atoms with E-state index in [9.17, 15) is 9.59 Å². The number of benzene rings is 2. The lowest BCUT2D eigenvalue weighted by atomic mass is 10.1. The second-order valence-corrected chi connectivity index (χ2v) is 6.40. The molecule has 0 radical (unpaired) electrons. The van der Waals surface area contributed by atoms with Crippen molar-refractivity contribution in [3.05, 3.63) is 46.6 Å². The second kappa shape index (κ2) is 8.77. The number of ether oxygens (including phenoxy) is 4. The van der Waals surface area contributed by atoms with Crippen LogP contribution in [-0.2, 0) is 0 Å². The predicted octanol–water partition coefficient (Wildman–Crippen LogP) is 3.94. The molecule has 8 nitrogen and oxygen atoms in total. The summed E-state index contributed by atoms with van der Waals surface area (Å²) < 4.78 is 27.3. The van der Waals surface area contributed by atoms with E-state index in [1.807, 2.05) is 6.92 Å². The highest BCUT2D eigenvalue weighted by Crippen LogP contribution is 2.42. The number of carbonyl (C=O) groups is 1. The number of hydrogen-bond donors (Lipinski definition) is 0. The van der Waals surface area contributed by atoms with E-state index in [1.165, 1.54) is 32.3 Å². The van der Waals surface area contributed by atoms with Gasteiger partial charge in [0, 0.05) is 31.3 Å². The summed E-state index contributed by atoms with van der Waals surface area (Å²) in [5, 5.41) is 0.257. The van der Waals surface area contributed by atoms with Crippen molar-refractivity contribution in [2.75, 3.05) is 34.9 Å². The van der Waals surface area contributed by atoms with Crippen LogP contribution in [0.25, 0.3) is 22.3 Å². The van der Waals surface area contributed by atoms with Crippen LogP contribution in [0.3, 0.4) is 0 Å². The number of amides is 1. The Balaban J connectivity index is 2.03. The first-order valence-electron chi connectivity index (χ1n) is 9.23. The Kier molecular flexibility index (Phi) is 6.15. The minimum atomic E-state index is -0.448. The first-order valence-corrected chi connectivity index (χ1v) is 9.23. The van der Waals surface area contributed by atoms with E-state index in [2.05, 4.69) is 0 Å². The van der Waals surface area contributed by atoms with Crippen LogP contribution >= 0.6 is 0 Å². The highest BCUT2D eigenvalue weighted by molar-refractivity contribution is 5.90. The molecule has 0 bridgehead atoms. The Morgan fingerprint density at radius 2 is 1.67 bits per heavy atom. The fraction of sp³-hybridized carbons (Fsp3) is 0.273. The smallest absolute Gasteiger partial charge is 0.414 e. The molecule has 158 valence electrons. The van der Waals surface area contributed by atoms with Gasteiger partial charge in [-0.05, 0) is 31.2 Å². The van der Waals surface area contributed by atoms with Crippen molar-refractivity contribution in [1.29, 1.82) is 0 Å². The molecule has 0 aliphatic carbocycles. The van der Waals surface area contributed by atoms with Gasteiger partial charge in [-0.15, -0.1) is 0 Å². The van der Waals surface area contributed by atoms with Gasteiger partial charge in [-0.3, -0.25) is 4.79 Å². The summed E-state index contributed by atoms with van der Waals surface area (Å²) in [6.45, 7) is 2.39. The maximum absolute atomic E-state index is 12.8. The molecule has 0 saturated heterocycles. The Bertz CT molecular complexity index is 1120. The van der Waals surface area contributed by atoms with E-state index >= 15 is 0 Å². The molecule has 1 aromatic heterocycles. The highest BCUT2D eigenvalue weighted by atomic mass is 16.6. The molecule has 0 fully saturated rings. The zero-order chi connectivity index (χ0) is 21.8. The molecule has 0 aliphatic rings. The largest absolute Gasteiger partial charge is 0.493 e. The maximum atomic E-state index is 12.8. The van der Waals surface area contributed by atoms with Gasteiger partial charge in [-0.1, -0.05) is 0 Å². The molecule has 0 aliphatic heterocycles. The fourth-order valence-electron chi connectivity index (χ4n) is 2.92. The summed E-state index contributed by atoms with van der Waals surface area (Å²) in [5.41, 5.74) is 0.655. The van der Waals surface area contributed by atoms with Crippen LogP contribution < -0.4 is 24.4 Å². The Hall–Kier alpha value is -3.68. The topological polar surface area (TPSA) is 87.4 Å². The van der Waals surface area contributed by atoms with Gasteiger partial charge in [0.2, 0.25) is 5.75 Å². The molecule has 0 unspecified atom stereocenters. The SMILES string of the molecule is CCN(C)C(=O)Oc1ccc(-c2cc(=O)c3c(OC)c(OC)c(OC)cc3o2)cc1. The monoisotopic (exact) mass is 413 g/mol. The number of carbonyl (C=O) groups excluding carboxylic acids is 1. The molecule has 0 atom stereocenters. The first-order chi connectivity index (χ1) is 14.4. The molecule has 30 heavy (non-hydrogen) atoms. The zero-order valence-electron chi connectivity index (χ0n) is 17.5. The number of hydrogen-bond acceptors (Lipinski definition) is 7.